The molecule has 3 nitrogen and oxygen atoms in total. The van der Waals surface area contributed by atoms with Gasteiger partial charge in [0.05, 0.1) is 0 Å². The second-order valence-electron chi connectivity index (χ2n) is 4.66. The fraction of sp³-hybridized carbons (Fsp3) is 0.900. The largest absolute Gasteiger partial charge is 0.480 e. The Hall–Kier alpha value is -0.570. The highest BCUT2D eigenvalue weighted by atomic mass is 16.4. The molecule has 0 bridgehead atoms. The van der Waals surface area contributed by atoms with E-state index in [0.717, 1.165) is 0 Å². The van der Waals surface area contributed by atoms with Gasteiger partial charge < -0.3 is 10.8 Å². The van der Waals surface area contributed by atoms with Crippen LogP contribution in [0.5, 0.6) is 0 Å². The zero-order chi connectivity index (χ0) is 10.6. The second kappa shape index (κ2) is 4.61. The van der Waals surface area contributed by atoms with Gasteiger partial charge >= 0.3 is 5.97 Å². The molecular formula is C10H21NO2. The summed E-state index contributed by atoms with van der Waals surface area (Å²) in [7, 11) is 0. The molecular weight excluding hydrogens is 166 g/mol. The van der Waals surface area contributed by atoms with E-state index < -0.39 is 11.5 Å². The Labute approximate surface area is 80.3 Å². The first-order valence-corrected chi connectivity index (χ1v) is 4.80. The lowest BCUT2D eigenvalue weighted by Crippen LogP contribution is -2.49. The number of carbonyl (C=O) groups is 1. The molecule has 0 atom stereocenters. The standard InChI is InChI=1S/C10H21NO2/c1-7(2)5-10(11,9(12)13)6-8(3)4/h7-8H,5-6,11H2,1-4H3,(H,12,13). The van der Waals surface area contributed by atoms with Gasteiger partial charge in [-0.05, 0) is 24.7 Å². The molecule has 0 amide bonds. The Kier molecular flexibility index (Phi) is 4.40. The van der Waals surface area contributed by atoms with Crippen LogP contribution in [0.2, 0.25) is 0 Å². The van der Waals surface area contributed by atoms with E-state index in [1.165, 1.54) is 0 Å². The molecule has 13 heavy (non-hydrogen) atoms. The third kappa shape index (κ3) is 4.27. The molecule has 0 saturated carbocycles. The van der Waals surface area contributed by atoms with E-state index >= 15 is 0 Å². The van der Waals surface area contributed by atoms with Gasteiger partial charge in [0.25, 0.3) is 0 Å². The minimum absolute atomic E-state index is 0.319. The van der Waals surface area contributed by atoms with Crippen molar-refractivity contribution >= 4 is 5.97 Å². The van der Waals surface area contributed by atoms with Crippen LogP contribution in [0.15, 0.2) is 0 Å². The lowest BCUT2D eigenvalue weighted by Gasteiger charge is -2.28. The summed E-state index contributed by atoms with van der Waals surface area (Å²) in [6.07, 6.45) is 1.08. The Morgan fingerprint density at radius 1 is 1.23 bits per heavy atom. The molecule has 0 fully saturated rings. The third-order valence-electron chi connectivity index (χ3n) is 1.97. The number of hydrogen-bond acceptors (Lipinski definition) is 2. The quantitative estimate of drug-likeness (QED) is 0.690. The maximum absolute atomic E-state index is 11.0. The van der Waals surface area contributed by atoms with E-state index in [4.69, 9.17) is 10.8 Å². The molecule has 0 aliphatic rings. The Balaban J connectivity index is 4.43. The summed E-state index contributed by atoms with van der Waals surface area (Å²) in [5.74, 6) is -0.241. The van der Waals surface area contributed by atoms with Crippen molar-refractivity contribution in [3.05, 3.63) is 0 Å². The first kappa shape index (κ1) is 12.4. The normalized spacial score (nSPS) is 12.5. The Morgan fingerprint density at radius 3 is 1.69 bits per heavy atom. The minimum Gasteiger partial charge on any atom is -0.480 e. The van der Waals surface area contributed by atoms with Gasteiger partial charge in [-0.3, -0.25) is 4.79 Å². The van der Waals surface area contributed by atoms with E-state index in [0.29, 0.717) is 24.7 Å². The number of rotatable bonds is 5. The van der Waals surface area contributed by atoms with Crippen molar-refractivity contribution in [2.75, 3.05) is 0 Å². The molecule has 0 unspecified atom stereocenters. The van der Waals surface area contributed by atoms with Crippen LogP contribution in [0.3, 0.4) is 0 Å². The molecule has 0 aromatic carbocycles. The summed E-state index contributed by atoms with van der Waals surface area (Å²) in [5, 5.41) is 9.01. The molecule has 78 valence electrons. The molecule has 0 spiro atoms. The average molecular weight is 187 g/mol. The fourth-order valence-corrected chi connectivity index (χ4v) is 1.71. The highest BCUT2D eigenvalue weighted by molar-refractivity contribution is 5.78. The van der Waals surface area contributed by atoms with Crippen molar-refractivity contribution in [2.45, 2.75) is 46.1 Å². The van der Waals surface area contributed by atoms with Crippen LogP contribution in [-0.2, 0) is 4.79 Å². The Bertz CT molecular complexity index is 166. The summed E-state index contributed by atoms with van der Waals surface area (Å²) < 4.78 is 0. The average Bonchev–Trinajstić information content (AvgIpc) is 1.82. The predicted molar refractivity (Wildman–Crippen MR) is 53.5 cm³/mol. The molecule has 0 aliphatic heterocycles. The Morgan fingerprint density at radius 2 is 1.54 bits per heavy atom. The molecule has 3 N–H and O–H groups in total. The molecule has 0 aromatic heterocycles. The minimum atomic E-state index is -1.04. The van der Waals surface area contributed by atoms with E-state index in [2.05, 4.69) is 0 Å². The van der Waals surface area contributed by atoms with Crippen molar-refractivity contribution in [2.24, 2.45) is 17.6 Å². The maximum Gasteiger partial charge on any atom is 0.323 e. The summed E-state index contributed by atoms with van der Waals surface area (Å²) in [5.41, 5.74) is 4.80. The van der Waals surface area contributed by atoms with Gasteiger partial charge in [-0.25, -0.2) is 0 Å². The van der Waals surface area contributed by atoms with Crippen LogP contribution in [0.4, 0.5) is 0 Å². The molecule has 0 rings (SSSR count). The van der Waals surface area contributed by atoms with Crippen molar-refractivity contribution in [1.29, 1.82) is 0 Å². The van der Waals surface area contributed by atoms with Crippen molar-refractivity contribution in [1.82, 2.24) is 0 Å². The summed E-state index contributed by atoms with van der Waals surface area (Å²) in [6.45, 7) is 7.96. The van der Waals surface area contributed by atoms with E-state index in [9.17, 15) is 4.79 Å². The summed E-state index contributed by atoms with van der Waals surface area (Å²) in [6, 6.07) is 0. The SMILES string of the molecule is CC(C)CC(N)(CC(C)C)C(=O)O. The van der Waals surface area contributed by atoms with Crippen LogP contribution >= 0.6 is 0 Å². The van der Waals surface area contributed by atoms with Crippen molar-refractivity contribution < 1.29 is 9.90 Å². The number of carboxylic acids is 1. The summed E-state index contributed by atoms with van der Waals surface area (Å²) in [4.78, 5) is 11.0. The van der Waals surface area contributed by atoms with Gasteiger partial charge in [-0.15, -0.1) is 0 Å². The first-order chi connectivity index (χ1) is 5.78. The van der Waals surface area contributed by atoms with Crippen LogP contribution in [0.25, 0.3) is 0 Å². The van der Waals surface area contributed by atoms with Crippen LogP contribution in [0.1, 0.15) is 40.5 Å². The van der Waals surface area contributed by atoms with E-state index in [1.54, 1.807) is 0 Å². The van der Waals surface area contributed by atoms with Gasteiger partial charge in [0.15, 0.2) is 0 Å². The monoisotopic (exact) mass is 187 g/mol. The van der Waals surface area contributed by atoms with Crippen molar-refractivity contribution in [3.8, 4) is 0 Å². The van der Waals surface area contributed by atoms with Gasteiger partial charge in [0.1, 0.15) is 5.54 Å². The number of aliphatic carboxylic acids is 1. The topological polar surface area (TPSA) is 63.3 Å². The molecule has 0 radical (unpaired) electrons. The zero-order valence-corrected chi connectivity index (χ0v) is 9.00. The van der Waals surface area contributed by atoms with Crippen molar-refractivity contribution in [3.63, 3.8) is 0 Å². The van der Waals surface area contributed by atoms with Crippen LogP contribution in [-0.4, -0.2) is 16.6 Å². The maximum atomic E-state index is 11.0. The molecule has 0 aliphatic carbocycles. The van der Waals surface area contributed by atoms with Gasteiger partial charge in [-0.2, -0.15) is 0 Å². The number of carboxylic acid groups (broad SMARTS) is 1. The highest BCUT2D eigenvalue weighted by Gasteiger charge is 2.34. The second-order valence-corrected chi connectivity index (χ2v) is 4.66. The van der Waals surface area contributed by atoms with Crippen LogP contribution < -0.4 is 5.73 Å². The highest BCUT2D eigenvalue weighted by Crippen LogP contribution is 2.22. The number of hydrogen-bond donors (Lipinski definition) is 2. The van der Waals surface area contributed by atoms with Crippen LogP contribution in [0, 0.1) is 11.8 Å². The smallest absolute Gasteiger partial charge is 0.323 e. The molecule has 0 heterocycles. The van der Waals surface area contributed by atoms with Gasteiger partial charge in [-0.1, -0.05) is 27.7 Å². The number of nitrogens with two attached hydrogens (primary N) is 1. The van der Waals surface area contributed by atoms with E-state index in [1.807, 2.05) is 27.7 Å². The first-order valence-electron chi connectivity index (χ1n) is 4.80. The third-order valence-corrected chi connectivity index (χ3v) is 1.97. The molecule has 0 saturated heterocycles. The van der Waals surface area contributed by atoms with E-state index in [-0.39, 0.29) is 0 Å². The fourth-order valence-electron chi connectivity index (χ4n) is 1.71. The van der Waals surface area contributed by atoms with Gasteiger partial charge in [0.2, 0.25) is 0 Å². The zero-order valence-electron chi connectivity index (χ0n) is 9.00. The predicted octanol–water partition coefficient (Wildman–Crippen LogP) is 1.86. The lowest BCUT2D eigenvalue weighted by molar-refractivity contribution is -0.144. The molecule has 0 aromatic rings. The van der Waals surface area contributed by atoms with Gasteiger partial charge in [0, 0.05) is 0 Å². The molecule has 3 heteroatoms. The lowest BCUT2D eigenvalue weighted by atomic mass is 9.83. The summed E-state index contributed by atoms with van der Waals surface area (Å²) >= 11 is 0.